The molecule has 5 aromatic rings. The minimum Gasteiger partial charge on any atom is -0.493 e. The molecule has 0 bridgehead atoms. The highest BCUT2D eigenvalue weighted by molar-refractivity contribution is 7.95. The summed E-state index contributed by atoms with van der Waals surface area (Å²) in [6.45, 7) is 0.760. The SMILES string of the molecule is c1ccc(CCCCCCOc2ccccc2C[P+](c2ccccc2)(c2ccccc2)c2ccccc2)cc1. The molecule has 196 valence electrons. The van der Waals surface area contributed by atoms with E-state index in [2.05, 4.69) is 146 Å². The molecule has 2 heteroatoms. The minimum absolute atomic E-state index is 0.760. The molecule has 0 spiro atoms. The smallest absolute Gasteiger partial charge is 0.126 e. The van der Waals surface area contributed by atoms with Gasteiger partial charge in [0, 0.05) is 5.56 Å². The highest BCUT2D eigenvalue weighted by Crippen LogP contribution is 2.58. The van der Waals surface area contributed by atoms with Crippen molar-refractivity contribution in [3.63, 3.8) is 0 Å². The fourth-order valence-corrected chi connectivity index (χ4v) is 9.67. The second-order valence-electron chi connectivity index (χ2n) is 10.1. The summed E-state index contributed by atoms with van der Waals surface area (Å²) >= 11 is 0. The van der Waals surface area contributed by atoms with E-state index in [1.54, 1.807) is 0 Å². The van der Waals surface area contributed by atoms with E-state index in [4.69, 9.17) is 4.74 Å². The maximum Gasteiger partial charge on any atom is 0.126 e. The van der Waals surface area contributed by atoms with Crippen LogP contribution in [0.15, 0.2) is 146 Å². The first kappa shape index (κ1) is 26.9. The van der Waals surface area contributed by atoms with Crippen molar-refractivity contribution in [1.82, 2.24) is 0 Å². The van der Waals surface area contributed by atoms with Gasteiger partial charge in [0.25, 0.3) is 0 Å². The third kappa shape index (κ3) is 6.86. The molecule has 1 nitrogen and oxygen atoms in total. The van der Waals surface area contributed by atoms with E-state index in [0.29, 0.717) is 0 Å². The van der Waals surface area contributed by atoms with Gasteiger partial charge in [-0.15, -0.1) is 0 Å². The number of benzene rings is 5. The van der Waals surface area contributed by atoms with Gasteiger partial charge in [0.15, 0.2) is 0 Å². The van der Waals surface area contributed by atoms with Gasteiger partial charge in [0.1, 0.15) is 35.1 Å². The summed E-state index contributed by atoms with van der Waals surface area (Å²) < 4.78 is 6.47. The van der Waals surface area contributed by atoms with E-state index < -0.39 is 7.26 Å². The van der Waals surface area contributed by atoms with Crippen LogP contribution in [0.4, 0.5) is 0 Å². The second-order valence-corrected chi connectivity index (χ2v) is 13.6. The summed E-state index contributed by atoms with van der Waals surface area (Å²) in [5, 5.41) is 4.20. The molecule has 0 saturated carbocycles. The van der Waals surface area contributed by atoms with Crippen molar-refractivity contribution in [3.05, 3.63) is 157 Å². The Kier molecular flexibility index (Phi) is 9.61. The first-order valence-corrected chi connectivity index (χ1v) is 16.1. The van der Waals surface area contributed by atoms with Crippen LogP contribution in [0.5, 0.6) is 5.75 Å². The molecule has 0 aliphatic heterocycles. The number of hydrogen-bond acceptors (Lipinski definition) is 1. The summed E-state index contributed by atoms with van der Waals surface area (Å²) in [6.07, 6.45) is 6.85. The highest BCUT2D eigenvalue weighted by Gasteiger charge is 2.45. The molecule has 0 unspecified atom stereocenters. The molecular weight excluding hydrogens is 491 g/mol. The largest absolute Gasteiger partial charge is 0.493 e. The van der Waals surface area contributed by atoms with Crippen LogP contribution in [-0.2, 0) is 12.6 Å². The molecule has 0 amide bonds. The molecule has 0 saturated heterocycles. The quantitative estimate of drug-likeness (QED) is 0.110. The van der Waals surface area contributed by atoms with Crippen molar-refractivity contribution < 1.29 is 4.74 Å². The molecule has 39 heavy (non-hydrogen) atoms. The first-order valence-electron chi connectivity index (χ1n) is 14.2. The van der Waals surface area contributed by atoms with Crippen LogP contribution in [-0.4, -0.2) is 6.61 Å². The van der Waals surface area contributed by atoms with Crippen molar-refractivity contribution in [2.45, 2.75) is 38.3 Å². The lowest BCUT2D eigenvalue weighted by atomic mass is 10.1. The molecule has 0 atom stereocenters. The zero-order valence-corrected chi connectivity index (χ0v) is 23.6. The number of aryl methyl sites for hydroxylation is 1. The predicted octanol–water partition coefficient (Wildman–Crippen LogP) is 8.36. The van der Waals surface area contributed by atoms with Crippen LogP contribution in [0.3, 0.4) is 0 Å². The third-order valence-corrected chi connectivity index (χ3v) is 11.8. The normalized spacial score (nSPS) is 11.3. The van der Waals surface area contributed by atoms with Crippen molar-refractivity contribution in [3.8, 4) is 5.75 Å². The van der Waals surface area contributed by atoms with Crippen molar-refractivity contribution in [2.24, 2.45) is 0 Å². The van der Waals surface area contributed by atoms with E-state index in [1.165, 1.54) is 46.3 Å². The zero-order chi connectivity index (χ0) is 26.6. The summed E-state index contributed by atoms with van der Waals surface area (Å²) in [5.41, 5.74) is 2.72. The Labute approximate surface area is 234 Å². The van der Waals surface area contributed by atoms with Crippen molar-refractivity contribution in [2.75, 3.05) is 6.61 Å². The fourth-order valence-electron chi connectivity index (χ4n) is 5.41. The number of unbranched alkanes of at least 4 members (excludes halogenated alkanes) is 3. The molecule has 5 rings (SSSR count). The molecule has 0 N–H and O–H groups in total. The average molecular weight is 530 g/mol. The standard InChI is InChI=1S/C37H38OP/c1(7-19-32-20-8-3-9-21-32)2-18-30-38-37-29-17-16-22-33(37)31-39(34-23-10-4-11-24-34,35-25-12-5-13-26-35)36-27-14-6-15-28-36/h3-6,8-17,20-29H,1-2,7,18-19,30-31H2/q+1. The summed E-state index contributed by atoms with van der Waals surface area (Å²) in [7, 11) is -1.97. The van der Waals surface area contributed by atoms with Crippen LogP contribution in [0, 0.1) is 0 Å². The van der Waals surface area contributed by atoms with Crippen LogP contribution in [0.2, 0.25) is 0 Å². The topological polar surface area (TPSA) is 9.23 Å². The van der Waals surface area contributed by atoms with Crippen LogP contribution in [0.1, 0.15) is 36.8 Å². The van der Waals surface area contributed by atoms with E-state index >= 15 is 0 Å². The van der Waals surface area contributed by atoms with E-state index in [9.17, 15) is 0 Å². The molecule has 0 radical (unpaired) electrons. The maximum absolute atomic E-state index is 6.47. The molecule has 0 fully saturated rings. The average Bonchev–Trinajstić information content (AvgIpc) is 3.02. The van der Waals surface area contributed by atoms with Gasteiger partial charge in [-0.2, -0.15) is 0 Å². The molecule has 5 aromatic carbocycles. The number of hydrogen-bond donors (Lipinski definition) is 0. The van der Waals surface area contributed by atoms with E-state index in [-0.39, 0.29) is 0 Å². The van der Waals surface area contributed by atoms with E-state index in [1.807, 2.05) is 0 Å². The summed E-state index contributed by atoms with van der Waals surface area (Å²) in [6, 6.07) is 52.8. The van der Waals surface area contributed by atoms with Gasteiger partial charge in [-0.3, -0.25) is 0 Å². The first-order chi connectivity index (χ1) is 19.4. The van der Waals surface area contributed by atoms with Crippen molar-refractivity contribution >= 4 is 23.2 Å². The highest BCUT2D eigenvalue weighted by atomic mass is 31.2. The van der Waals surface area contributed by atoms with Gasteiger partial charge in [-0.05, 0) is 67.3 Å². The minimum atomic E-state index is -1.97. The number of ether oxygens (including phenoxy) is 1. The molecule has 0 aromatic heterocycles. The third-order valence-electron chi connectivity index (χ3n) is 7.43. The Balaban J connectivity index is 1.34. The van der Waals surface area contributed by atoms with Gasteiger partial charge in [-0.25, -0.2) is 0 Å². The van der Waals surface area contributed by atoms with Crippen LogP contribution in [0.25, 0.3) is 0 Å². The van der Waals surface area contributed by atoms with Gasteiger partial charge in [0.2, 0.25) is 0 Å². The Morgan fingerprint density at radius 2 is 0.897 bits per heavy atom. The van der Waals surface area contributed by atoms with Crippen LogP contribution >= 0.6 is 7.26 Å². The predicted molar refractivity (Wildman–Crippen MR) is 169 cm³/mol. The zero-order valence-electron chi connectivity index (χ0n) is 22.7. The van der Waals surface area contributed by atoms with Crippen molar-refractivity contribution in [1.29, 1.82) is 0 Å². The number of para-hydroxylation sites is 1. The molecule has 0 aliphatic carbocycles. The Morgan fingerprint density at radius 3 is 1.46 bits per heavy atom. The lowest BCUT2D eigenvalue weighted by molar-refractivity contribution is 0.302. The van der Waals surface area contributed by atoms with E-state index in [0.717, 1.165) is 31.4 Å². The number of rotatable bonds is 13. The van der Waals surface area contributed by atoms with Gasteiger partial charge >= 0.3 is 0 Å². The molecule has 0 heterocycles. The monoisotopic (exact) mass is 529 g/mol. The Hall–Kier alpha value is -3.67. The van der Waals surface area contributed by atoms with Crippen LogP contribution < -0.4 is 20.7 Å². The van der Waals surface area contributed by atoms with Gasteiger partial charge < -0.3 is 4.74 Å². The maximum atomic E-state index is 6.47. The lowest BCUT2D eigenvalue weighted by Gasteiger charge is -2.28. The summed E-state index contributed by atoms with van der Waals surface area (Å²) in [5.74, 6) is 1.02. The molecule has 0 aliphatic rings. The fraction of sp³-hybridized carbons (Fsp3) is 0.189. The van der Waals surface area contributed by atoms with Gasteiger partial charge in [-0.1, -0.05) is 116 Å². The Morgan fingerprint density at radius 1 is 0.436 bits per heavy atom. The molecular formula is C37H38OP+. The summed E-state index contributed by atoms with van der Waals surface area (Å²) in [4.78, 5) is 0. The second kappa shape index (κ2) is 13.9. The Bertz CT molecular complexity index is 1290. The van der Waals surface area contributed by atoms with Gasteiger partial charge in [0.05, 0.1) is 6.61 Å². The lowest BCUT2D eigenvalue weighted by Crippen LogP contribution is -2.32.